The molecule has 2 rings (SSSR count). The van der Waals surface area contributed by atoms with E-state index in [4.69, 9.17) is 11.5 Å². The summed E-state index contributed by atoms with van der Waals surface area (Å²) in [6.45, 7) is 0. The highest BCUT2D eigenvalue weighted by Gasteiger charge is 2.16. The number of anilines is 1. The van der Waals surface area contributed by atoms with Crippen LogP contribution in [0.1, 0.15) is 17.5 Å². The van der Waals surface area contributed by atoms with Crippen molar-refractivity contribution in [3.8, 4) is 5.75 Å². The van der Waals surface area contributed by atoms with Crippen molar-refractivity contribution in [2.45, 2.75) is 25.3 Å². The minimum absolute atomic E-state index is 0.189. The third-order valence-corrected chi connectivity index (χ3v) is 2.62. The van der Waals surface area contributed by atoms with Crippen molar-refractivity contribution in [3.05, 3.63) is 23.3 Å². The molecule has 70 valence electrons. The topological polar surface area (TPSA) is 72.3 Å². The first-order chi connectivity index (χ1) is 6.16. The highest BCUT2D eigenvalue weighted by atomic mass is 16.3. The largest absolute Gasteiger partial charge is 0.506 e. The molecule has 1 aliphatic carbocycles. The fraction of sp³-hybridized carbons (Fsp3) is 0.400. The van der Waals surface area contributed by atoms with E-state index in [1.165, 1.54) is 11.1 Å². The monoisotopic (exact) mass is 178 g/mol. The molecule has 0 amide bonds. The van der Waals surface area contributed by atoms with Crippen molar-refractivity contribution < 1.29 is 5.11 Å². The summed E-state index contributed by atoms with van der Waals surface area (Å²) in [5.74, 6) is 0.189. The van der Waals surface area contributed by atoms with Gasteiger partial charge in [0.15, 0.2) is 0 Å². The lowest BCUT2D eigenvalue weighted by molar-refractivity contribution is 0.474. The number of rotatable bonds is 0. The van der Waals surface area contributed by atoms with E-state index < -0.39 is 0 Å². The van der Waals surface area contributed by atoms with Crippen LogP contribution in [-0.2, 0) is 12.8 Å². The van der Waals surface area contributed by atoms with Crippen LogP contribution in [0.4, 0.5) is 5.69 Å². The van der Waals surface area contributed by atoms with E-state index in [1.54, 1.807) is 6.07 Å². The Morgan fingerprint density at radius 3 is 2.85 bits per heavy atom. The second kappa shape index (κ2) is 2.92. The molecule has 3 nitrogen and oxygen atoms in total. The first-order valence-corrected chi connectivity index (χ1v) is 4.52. The zero-order valence-electron chi connectivity index (χ0n) is 7.46. The van der Waals surface area contributed by atoms with Crippen LogP contribution in [0.25, 0.3) is 0 Å². The van der Waals surface area contributed by atoms with Crippen molar-refractivity contribution in [2.24, 2.45) is 5.73 Å². The van der Waals surface area contributed by atoms with Gasteiger partial charge in [0, 0.05) is 6.04 Å². The summed E-state index contributed by atoms with van der Waals surface area (Å²) in [5, 5.41) is 9.38. The number of benzene rings is 1. The van der Waals surface area contributed by atoms with Gasteiger partial charge in [-0.2, -0.15) is 0 Å². The number of nitrogen functional groups attached to an aromatic ring is 1. The standard InChI is InChI=1S/C10H14N2O/c11-8-2-1-6-5-10(13)9(12)4-7(6)3-8/h4-5,8,13H,1-3,11-12H2. The minimum atomic E-state index is 0.189. The number of aromatic hydroxyl groups is 1. The summed E-state index contributed by atoms with van der Waals surface area (Å²) in [6, 6.07) is 3.84. The van der Waals surface area contributed by atoms with Crippen LogP contribution in [-0.4, -0.2) is 11.1 Å². The molecular formula is C10H14N2O. The Morgan fingerprint density at radius 1 is 1.31 bits per heavy atom. The molecule has 1 aromatic rings. The maximum absolute atomic E-state index is 9.38. The van der Waals surface area contributed by atoms with E-state index in [2.05, 4.69) is 0 Å². The first kappa shape index (κ1) is 8.38. The Balaban J connectivity index is 2.43. The SMILES string of the molecule is Nc1cc2c(cc1O)CCC(N)C2. The van der Waals surface area contributed by atoms with Gasteiger partial charge < -0.3 is 16.6 Å². The Kier molecular flexibility index (Phi) is 1.88. The molecule has 13 heavy (non-hydrogen) atoms. The predicted octanol–water partition coefficient (Wildman–Crippen LogP) is 0.790. The zero-order valence-corrected chi connectivity index (χ0v) is 7.46. The van der Waals surface area contributed by atoms with Gasteiger partial charge in [0.2, 0.25) is 0 Å². The third kappa shape index (κ3) is 1.47. The van der Waals surface area contributed by atoms with E-state index in [-0.39, 0.29) is 11.8 Å². The van der Waals surface area contributed by atoms with Crippen molar-refractivity contribution >= 4 is 5.69 Å². The second-order valence-corrected chi connectivity index (χ2v) is 3.68. The van der Waals surface area contributed by atoms with Gasteiger partial charge in [-0.25, -0.2) is 0 Å². The number of fused-ring (bicyclic) bond motifs is 1. The lowest BCUT2D eigenvalue weighted by Gasteiger charge is -2.21. The molecular weight excluding hydrogens is 164 g/mol. The Bertz CT molecular complexity index is 336. The molecule has 0 aromatic heterocycles. The molecule has 3 heteroatoms. The fourth-order valence-electron chi connectivity index (χ4n) is 1.84. The second-order valence-electron chi connectivity index (χ2n) is 3.68. The van der Waals surface area contributed by atoms with Crippen LogP contribution < -0.4 is 11.5 Å². The molecule has 0 aliphatic heterocycles. The van der Waals surface area contributed by atoms with Crippen LogP contribution in [0.2, 0.25) is 0 Å². The molecule has 5 N–H and O–H groups in total. The lowest BCUT2D eigenvalue weighted by Crippen LogP contribution is -2.27. The van der Waals surface area contributed by atoms with Gasteiger partial charge in [-0.1, -0.05) is 0 Å². The summed E-state index contributed by atoms with van der Waals surface area (Å²) >= 11 is 0. The van der Waals surface area contributed by atoms with E-state index in [9.17, 15) is 5.11 Å². The molecule has 0 saturated carbocycles. The van der Waals surface area contributed by atoms with Gasteiger partial charge in [0.05, 0.1) is 5.69 Å². The van der Waals surface area contributed by atoms with Crippen LogP contribution in [0.15, 0.2) is 12.1 Å². The Labute approximate surface area is 77.4 Å². The van der Waals surface area contributed by atoms with Crippen LogP contribution in [0.3, 0.4) is 0 Å². The summed E-state index contributed by atoms with van der Waals surface area (Å²) in [6.07, 6.45) is 2.82. The molecule has 1 atom stereocenters. The van der Waals surface area contributed by atoms with Crippen molar-refractivity contribution in [2.75, 3.05) is 5.73 Å². The number of hydrogen-bond acceptors (Lipinski definition) is 3. The average Bonchev–Trinajstić information content (AvgIpc) is 2.08. The van der Waals surface area contributed by atoms with Crippen LogP contribution in [0.5, 0.6) is 5.75 Å². The quantitative estimate of drug-likeness (QED) is 0.406. The Morgan fingerprint density at radius 2 is 2.08 bits per heavy atom. The van der Waals surface area contributed by atoms with Crippen molar-refractivity contribution in [1.82, 2.24) is 0 Å². The first-order valence-electron chi connectivity index (χ1n) is 4.52. The molecule has 0 radical (unpaired) electrons. The van der Waals surface area contributed by atoms with Crippen LogP contribution in [0, 0.1) is 0 Å². The number of phenols is 1. The maximum atomic E-state index is 9.38. The van der Waals surface area contributed by atoms with Crippen LogP contribution >= 0.6 is 0 Å². The molecule has 1 unspecified atom stereocenters. The van der Waals surface area contributed by atoms with E-state index in [0.29, 0.717) is 5.69 Å². The predicted molar refractivity (Wildman–Crippen MR) is 52.5 cm³/mol. The van der Waals surface area contributed by atoms with Gasteiger partial charge in [-0.05, 0) is 42.5 Å². The normalized spacial score (nSPS) is 21.2. The van der Waals surface area contributed by atoms with Crippen molar-refractivity contribution in [1.29, 1.82) is 0 Å². The summed E-state index contributed by atoms with van der Waals surface area (Å²) in [5.41, 5.74) is 14.3. The third-order valence-electron chi connectivity index (χ3n) is 2.62. The molecule has 1 aliphatic rings. The van der Waals surface area contributed by atoms with Gasteiger partial charge in [0.1, 0.15) is 5.75 Å². The van der Waals surface area contributed by atoms with Gasteiger partial charge in [0.25, 0.3) is 0 Å². The highest BCUT2D eigenvalue weighted by molar-refractivity contribution is 5.56. The molecule has 0 bridgehead atoms. The summed E-state index contributed by atoms with van der Waals surface area (Å²) in [4.78, 5) is 0. The number of nitrogens with two attached hydrogens (primary N) is 2. The summed E-state index contributed by atoms with van der Waals surface area (Å²) < 4.78 is 0. The molecule has 0 fully saturated rings. The van der Waals surface area contributed by atoms with E-state index in [1.807, 2.05) is 6.07 Å². The summed E-state index contributed by atoms with van der Waals surface area (Å²) in [7, 11) is 0. The number of hydrogen-bond donors (Lipinski definition) is 3. The van der Waals surface area contributed by atoms with Gasteiger partial charge in [-0.15, -0.1) is 0 Å². The average molecular weight is 178 g/mol. The van der Waals surface area contributed by atoms with Gasteiger partial charge >= 0.3 is 0 Å². The van der Waals surface area contributed by atoms with Gasteiger partial charge in [-0.3, -0.25) is 0 Å². The minimum Gasteiger partial charge on any atom is -0.506 e. The smallest absolute Gasteiger partial charge is 0.138 e. The highest BCUT2D eigenvalue weighted by Crippen LogP contribution is 2.29. The van der Waals surface area contributed by atoms with Crippen molar-refractivity contribution in [3.63, 3.8) is 0 Å². The lowest BCUT2D eigenvalue weighted by atomic mass is 9.88. The maximum Gasteiger partial charge on any atom is 0.138 e. The number of phenolic OH excluding ortho intramolecular Hbond substituents is 1. The Hall–Kier alpha value is -1.22. The van der Waals surface area contributed by atoms with E-state index >= 15 is 0 Å². The molecule has 1 aromatic carbocycles. The molecule has 0 spiro atoms. The van der Waals surface area contributed by atoms with E-state index in [0.717, 1.165) is 19.3 Å². The number of aryl methyl sites for hydroxylation is 1. The molecule has 0 saturated heterocycles. The zero-order chi connectivity index (χ0) is 9.42. The fourth-order valence-corrected chi connectivity index (χ4v) is 1.84. The molecule has 0 heterocycles.